The van der Waals surface area contributed by atoms with Crippen molar-refractivity contribution in [2.75, 3.05) is 5.32 Å². The number of rotatable bonds is 5. The van der Waals surface area contributed by atoms with E-state index in [1.807, 2.05) is 12.1 Å². The van der Waals surface area contributed by atoms with Gasteiger partial charge in [-0.1, -0.05) is 12.1 Å². The van der Waals surface area contributed by atoms with Crippen LogP contribution < -0.4 is 5.32 Å². The van der Waals surface area contributed by atoms with E-state index in [-0.39, 0.29) is 0 Å². The number of hydrogen-bond donors (Lipinski definition) is 1. The van der Waals surface area contributed by atoms with Crippen molar-refractivity contribution in [2.45, 2.75) is 20.0 Å². The van der Waals surface area contributed by atoms with Crippen molar-refractivity contribution in [2.24, 2.45) is 0 Å². The van der Waals surface area contributed by atoms with E-state index in [0.717, 1.165) is 0 Å². The summed E-state index contributed by atoms with van der Waals surface area (Å²) in [4.78, 5) is 33.7. The number of pyridine rings is 1. The number of amides is 1. The third kappa shape index (κ3) is 4.39. The molecule has 0 unspecified atom stereocenters. The average molecular weight is 392 g/mol. The third-order valence-corrected chi connectivity index (χ3v) is 4.94. The maximum absolute atomic E-state index is 12.5. The van der Waals surface area contributed by atoms with Gasteiger partial charge in [-0.15, -0.1) is 11.3 Å². The van der Waals surface area contributed by atoms with Gasteiger partial charge in [0.05, 0.1) is 23.0 Å². The van der Waals surface area contributed by atoms with Gasteiger partial charge in [-0.2, -0.15) is 5.26 Å². The Labute approximate surface area is 165 Å². The summed E-state index contributed by atoms with van der Waals surface area (Å²) >= 11 is 1.17. The van der Waals surface area contributed by atoms with Crippen molar-refractivity contribution in [3.05, 3.63) is 64.8 Å². The summed E-state index contributed by atoms with van der Waals surface area (Å²) in [5.41, 5.74) is 2.06. The van der Waals surface area contributed by atoms with Crippen molar-refractivity contribution in [3.8, 4) is 16.8 Å². The molecule has 0 aliphatic rings. The van der Waals surface area contributed by atoms with Crippen LogP contribution >= 0.6 is 11.3 Å². The third-order valence-electron chi connectivity index (χ3n) is 3.78. The van der Waals surface area contributed by atoms with Gasteiger partial charge in [-0.05, 0) is 44.2 Å². The van der Waals surface area contributed by atoms with E-state index in [2.05, 4.69) is 15.3 Å². The highest BCUT2D eigenvalue weighted by Crippen LogP contribution is 2.27. The zero-order valence-electron chi connectivity index (χ0n) is 15.2. The number of esters is 1. The first-order valence-electron chi connectivity index (χ1n) is 8.39. The van der Waals surface area contributed by atoms with Crippen LogP contribution in [-0.2, 0) is 9.53 Å². The molecule has 8 heteroatoms. The standard InChI is InChI=1S/C20H16N4O3S/c1-12-17(28-19(23-12)16-8-3-4-9-22-16)20(26)27-13(2)18(25)24-15-7-5-6-14(10-15)11-21/h3-10,13H,1-2H3,(H,24,25)/t13-/m1/s1. The summed E-state index contributed by atoms with van der Waals surface area (Å²) in [5, 5.41) is 12.2. The molecule has 0 aliphatic carbocycles. The van der Waals surface area contributed by atoms with E-state index >= 15 is 0 Å². The molecule has 3 aromatic rings. The Morgan fingerprint density at radius 1 is 1.25 bits per heavy atom. The van der Waals surface area contributed by atoms with Crippen molar-refractivity contribution >= 4 is 28.9 Å². The summed E-state index contributed by atoms with van der Waals surface area (Å²) < 4.78 is 5.29. The zero-order valence-corrected chi connectivity index (χ0v) is 16.0. The number of ether oxygens (including phenoxy) is 1. The molecule has 2 aromatic heterocycles. The largest absolute Gasteiger partial charge is 0.448 e. The number of nitriles is 1. The fraction of sp³-hybridized carbons (Fsp3) is 0.150. The molecular weight excluding hydrogens is 376 g/mol. The fourth-order valence-electron chi connectivity index (χ4n) is 2.36. The monoisotopic (exact) mass is 392 g/mol. The zero-order chi connectivity index (χ0) is 20.1. The highest BCUT2D eigenvalue weighted by molar-refractivity contribution is 7.17. The number of hydrogen-bond acceptors (Lipinski definition) is 7. The first-order chi connectivity index (χ1) is 13.5. The van der Waals surface area contributed by atoms with Gasteiger partial charge >= 0.3 is 5.97 Å². The van der Waals surface area contributed by atoms with Gasteiger partial charge in [0.1, 0.15) is 9.88 Å². The number of aryl methyl sites for hydroxylation is 1. The lowest BCUT2D eigenvalue weighted by Crippen LogP contribution is -2.30. The number of nitrogens with zero attached hydrogens (tertiary/aromatic N) is 3. The first-order valence-corrected chi connectivity index (χ1v) is 9.20. The molecule has 0 spiro atoms. The first kappa shape index (κ1) is 19.2. The molecule has 1 N–H and O–H groups in total. The second-order valence-electron chi connectivity index (χ2n) is 5.88. The van der Waals surface area contributed by atoms with Crippen LogP contribution in [0.4, 0.5) is 5.69 Å². The van der Waals surface area contributed by atoms with Crippen LogP contribution in [0.1, 0.15) is 27.9 Å². The molecule has 0 saturated carbocycles. The van der Waals surface area contributed by atoms with Crippen LogP contribution in [0.2, 0.25) is 0 Å². The highest BCUT2D eigenvalue weighted by Gasteiger charge is 2.23. The number of benzene rings is 1. The van der Waals surface area contributed by atoms with E-state index in [9.17, 15) is 9.59 Å². The van der Waals surface area contributed by atoms with E-state index in [1.165, 1.54) is 18.3 Å². The van der Waals surface area contributed by atoms with E-state index in [4.69, 9.17) is 10.00 Å². The van der Waals surface area contributed by atoms with E-state index in [1.54, 1.807) is 49.5 Å². The van der Waals surface area contributed by atoms with E-state index < -0.39 is 18.0 Å². The van der Waals surface area contributed by atoms with Gasteiger partial charge in [0, 0.05) is 11.9 Å². The second kappa shape index (κ2) is 8.41. The number of anilines is 1. The number of carbonyl (C=O) groups excluding carboxylic acids is 2. The molecule has 0 aliphatic heterocycles. The Balaban J connectivity index is 1.68. The summed E-state index contributed by atoms with van der Waals surface area (Å²) in [7, 11) is 0. The normalized spacial score (nSPS) is 11.3. The second-order valence-corrected chi connectivity index (χ2v) is 6.88. The molecule has 1 aromatic carbocycles. The molecule has 140 valence electrons. The minimum atomic E-state index is -1.02. The minimum absolute atomic E-state index is 0.326. The quantitative estimate of drug-likeness (QED) is 0.666. The lowest BCUT2D eigenvalue weighted by molar-refractivity contribution is -0.123. The molecule has 0 radical (unpaired) electrons. The SMILES string of the molecule is Cc1nc(-c2ccccn2)sc1C(=O)O[C@H](C)C(=O)Nc1cccc(C#N)c1. The van der Waals surface area contributed by atoms with Gasteiger partial charge in [-0.25, -0.2) is 9.78 Å². The van der Waals surface area contributed by atoms with Gasteiger partial charge in [0.25, 0.3) is 5.91 Å². The summed E-state index contributed by atoms with van der Waals surface area (Å²) in [6.45, 7) is 3.19. The summed E-state index contributed by atoms with van der Waals surface area (Å²) in [5.74, 6) is -1.11. The molecule has 1 atom stereocenters. The van der Waals surface area contributed by atoms with Crippen molar-refractivity contribution < 1.29 is 14.3 Å². The number of nitrogens with one attached hydrogen (secondary N) is 1. The lowest BCUT2D eigenvalue weighted by Gasteiger charge is -2.13. The van der Waals surface area contributed by atoms with Gasteiger partial charge in [-0.3, -0.25) is 9.78 Å². The maximum atomic E-state index is 12.5. The molecule has 0 saturated heterocycles. The van der Waals surface area contributed by atoms with Gasteiger partial charge in [0.2, 0.25) is 0 Å². The Kier molecular flexibility index (Phi) is 5.77. The summed E-state index contributed by atoms with van der Waals surface area (Å²) in [6.07, 6.45) is 0.635. The number of carbonyl (C=O) groups is 2. The van der Waals surface area contributed by atoms with Crippen LogP contribution in [0, 0.1) is 18.3 Å². The van der Waals surface area contributed by atoms with Crippen molar-refractivity contribution in [1.29, 1.82) is 5.26 Å². The molecule has 2 heterocycles. The van der Waals surface area contributed by atoms with Gasteiger partial charge in [0.15, 0.2) is 6.10 Å². The number of thiazole rings is 1. The van der Waals surface area contributed by atoms with Crippen LogP contribution in [0.25, 0.3) is 10.7 Å². The molecular formula is C20H16N4O3S. The van der Waals surface area contributed by atoms with Crippen molar-refractivity contribution in [3.63, 3.8) is 0 Å². The van der Waals surface area contributed by atoms with Gasteiger partial charge < -0.3 is 10.1 Å². The molecule has 0 bridgehead atoms. The predicted octanol–water partition coefficient (Wildman–Crippen LogP) is 3.57. The van der Waals surface area contributed by atoms with Crippen molar-refractivity contribution in [1.82, 2.24) is 9.97 Å². The Morgan fingerprint density at radius 3 is 2.79 bits per heavy atom. The van der Waals surface area contributed by atoms with E-state index in [0.29, 0.717) is 32.5 Å². The van der Waals surface area contributed by atoms with Crippen LogP contribution in [0.3, 0.4) is 0 Å². The predicted molar refractivity (Wildman–Crippen MR) is 105 cm³/mol. The smallest absolute Gasteiger partial charge is 0.351 e. The molecule has 7 nitrogen and oxygen atoms in total. The Morgan fingerprint density at radius 2 is 2.07 bits per heavy atom. The Hall–Kier alpha value is -3.57. The number of aromatic nitrogens is 2. The van der Waals surface area contributed by atoms with Crippen LogP contribution in [-0.4, -0.2) is 27.9 Å². The molecule has 28 heavy (non-hydrogen) atoms. The Bertz CT molecular complexity index is 1060. The molecule has 3 rings (SSSR count). The average Bonchev–Trinajstić information content (AvgIpc) is 3.10. The molecule has 1 amide bonds. The molecule has 0 fully saturated rings. The minimum Gasteiger partial charge on any atom is -0.448 e. The fourth-order valence-corrected chi connectivity index (χ4v) is 3.29. The van der Waals surface area contributed by atoms with Crippen LogP contribution in [0.15, 0.2) is 48.7 Å². The highest BCUT2D eigenvalue weighted by atomic mass is 32.1. The lowest BCUT2D eigenvalue weighted by atomic mass is 10.2. The van der Waals surface area contributed by atoms with Crippen LogP contribution in [0.5, 0.6) is 0 Å². The maximum Gasteiger partial charge on any atom is 0.351 e. The summed E-state index contributed by atoms with van der Waals surface area (Å²) in [6, 6.07) is 13.9. The topological polar surface area (TPSA) is 105 Å².